The van der Waals surface area contributed by atoms with Crippen LogP contribution in [0.1, 0.15) is 22.8 Å². The number of halogens is 1. The van der Waals surface area contributed by atoms with Crippen molar-refractivity contribution < 1.29 is 19.0 Å². The third kappa shape index (κ3) is 3.55. The zero-order valence-corrected chi connectivity index (χ0v) is 19.0. The molecule has 0 bridgehead atoms. The molecule has 0 N–H and O–H groups in total. The van der Waals surface area contributed by atoms with Gasteiger partial charge in [0.1, 0.15) is 5.82 Å². The lowest BCUT2D eigenvalue weighted by atomic mass is 9.90. The van der Waals surface area contributed by atoms with Crippen molar-refractivity contribution in [1.29, 1.82) is 0 Å². The molecule has 0 spiro atoms. The first kappa shape index (κ1) is 21.3. The second-order valence-corrected chi connectivity index (χ2v) is 8.47. The van der Waals surface area contributed by atoms with Crippen molar-refractivity contribution in [1.82, 2.24) is 4.57 Å². The Morgan fingerprint density at radius 1 is 1.03 bits per heavy atom. The Balaban J connectivity index is 1.91. The fraction of sp³-hybridized carbons (Fsp3) is 0.273. The molecular weight excluding hydrogens is 440 g/mol. The summed E-state index contributed by atoms with van der Waals surface area (Å²) in [6.45, 7) is 0. The van der Waals surface area contributed by atoms with Crippen LogP contribution in [-0.2, 0) is 11.8 Å². The highest BCUT2D eigenvalue weighted by Crippen LogP contribution is 2.48. The molecular formula is C22H21ClN2O5S. The Morgan fingerprint density at radius 3 is 2.29 bits per heavy atom. The fourth-order valence-corrected chi connectivity index (χ4v) is 5.15. The number of nitrogens with zero attached hydrogens (tertiary/aromatic N) is 2. The molecule has 4 rings (SSSR count). The van der Waals surface area contributed by atoms with E-state index in [1.165, 1.54) is 11.7 Å². The minimum Gasteiger partial charge on any atom is -0.493 e. The molecule has 1 aliphatic heterocycles. The molecule has 2 aromatic carbocycles. The van der Waals surface area contributed by atoms with Gasteiger partial charge in [0.2, 0.25) is 11.7 Å². The molecule has 1 aliphatic rings. The number of hydrogen-bond acceptors (Lipinski definition) is 6. The highest BCUT2D eigenvalue weighted by Gasteiger charge is 2.38. The Hall–Kier alpha value is -2.97. The molecule has 2 heterocycles. The van der Waals surface area contributed by atoms with Crippen LogP contribution in [0.15, 0.2) is 41.2 Å². The molecule has 31 heavy (non-hydrogen) atoms. The summed E-state index contributed by atoms with van der Waals surface area (Å²) in [5.41, 5.74) is 1.42. The van der Waals surface area contributed by atoms with Gasteiger partial charge in [-0.25, -0.2) is 0 Å². The fourth-order valence-electron chi connectivity index (χ4n) is 3.88. The Bertz CT molecular complexity index is 1190. The Labute approximate surface area is 188 Å². The van der Waals surface area contributed by atoms with Gasteiger partial charge in [0.25, 0.3) is 0 Å². The number of aromatic nitrogens is 1. The predicted octanol–water partition coefficient (Wildman–Crippen LogP) is 4.33. The molecule has 162 valence electrons. The molecule has 0 fully saturated rings. The van der Waals surface area contributed by atoms with Crippen LogP contribution in [0, 0.1) is 0 Å². The van der Waals surface area contributed by atoms with Crippen LogP contribution in [0.5, 0.6) is 17.2 Å². The maximum Gasteiger partial charge on any atom is 0.308 e. The van der Waals surface area contributed by atoms with E-state index < -0.39 is 0 Å². The number of carbonyl (C=O) groups is 1. The lowest BCUT2D eigenvalue weighted by Gasteiger charge is -2.32. The first-order valence-corrected chi connectivity index (χ1v) is 10.7. The Morgan fingerprint density at radius 2 is 1.71 bits per heavy atom. The van der Waals surface area contributed by atoms with E-state index >= 15 is 0 Å². The zero-order valence-electron chi connectivity index (χ0n) is 17.5. The summed E-state index contributed by atoms with van der Waals surface area (Å²) >= 11 is 7.29. The minimum absolute atomic E-state index is 0.137. The van der Waals surface area contributed by atoms with Crippen molar-refractivity contribution in [2.75, 3.05) is 26.2 Å². The number of benzene rings is 2. The van der Waals surface area contributed by atoms with E-state index in [4.69, 9.17) is 25.8 Å². The lowest BCUT2D eigenvalue weighted by Crippen LogP contribution is -2.34. The van der Waals surface area contributed by atoms with Gasteiger partial charge in [0, 0.05) is 24.4 Å². The van der Waals surface area contributed by atoms with Crippen LogP contribution < -0.4 is 24.0 Å². The summed E-state index contributed by atoms with van der Waals surface area (Å²) in [6.07, 6.45) is 0.179. The average molecular weight is 461 g/mol. The van der Waals surface area contributed by atoms with Crippen molar-refractivity contribution in [3.05, 3.63) is 61.5 Å². The molecule has 9 heteroatoms. The summed E-state index contributed by atoms with van der Waals surface area (Å²) < 4.78 is 17.9. The van der Waals surface area contributed by atoms with E-state index in [0.717, 1.165) is 21.8 Å². The van der Waals surface area contributed by atoms with Crippen molar-refractivity contribution in [2.45, 2.75) is 12.3 Å². The third-order valence-electron chi connectivity index (χ3n) is 5.32. The normalized spacial score (nSPS) is 15.6. The average Bonchev–Trinajstić information content (AvgIpc) is 3.06. The molecule has 0 saturated carbocycles. The SMILES string of the molecule is COc1cc(C2CC(=O)N(c3cccc(Cl)c3)c3c2sc(=O)n3C)cc(OC)c1OC. The molecule has 1 amide bonds. The maximum atomic E-state index is 13.3. The number of ether oxygens (including phenoxy) is 3. The van der Waals surface area contributed by atoms with Crippen molar-refractivity contribution in [2.24, 2.45) is 7.05 Å². The number of methoxy groups -OCH3 is 3. The van der Waals surface area contributed by atoms with Crippen LogP contribution in [0.25, 0.3) is 0 Å². The predicted molar refractivity (Wildman–Crippen MR) is 121 cm³/mol. The topological polar surface area (TPSA) is 70.0 Å². The summed E-state index contributed by atoms with van der Waals surface area (Å²) in [4.78, 5) is 28.2. The minimum atomic E-state index is -0.328. The first-order chi connectivity index (χ1) is 14.9. The molecule has 7 nitrogen and oxygen atoms in total. The number of fused-ring (bicyclic) bond motifs is 1. The first-order valence-electron chi connectivity index (χ1n) is 9.47. The van der Waals surface area contributed by atoms with Crippen LogP contribution >= 0.6 is 22.9 Å². The number of hydrogen-bond donors (Lipinski definition) is 0. The van der Waals surface area contributed by atoms with Crippen molar-refractivity contribution in [3.8, 4) is 17.2 Å². The van der Waals surface area contributed by atoms with E-state index in [9.17, 15) is 9.59 Å². The van der Waals surface area contributed by atoms with Gasteiger partial charge >= 0.3 is 4.87 Å². The van der Waals surface area contributed by atoms with Gasteiger partial charge in [-0.3, -0.25) is 19.1 Å². The van der Waals surface area contributed by atoms with Gasteiger partial charge in [0.05, 0.1) is 31.9 Å². The number of anilines is 2. The molecule has 1 aromatic heterocycles. The van der Waals surface area contributed by atoms with E-state index in [1.807, 2.05) is 12.1 Å². The lowest BCUT2D eigenvalue weighted by molar-refractivity contribution is -0.118. The number of thiazole rings is 1. The van der Waals surface area contributed by atoms with Crippen LogP contribution in [0.4, 0.5) is 11.5 Å². The number of amides is 1. The van der Waals surface area contributed by atoms with Crippen LogP contribution in [0.3, 0.4) is 0 Å². The molecule has 3 aromatic rings. The van der Waals surface area contributed by atoms with Gasteiger partial charge in [-0.1, -0.05) is 29.0 Å². The number of rotatable bonds is 5. The second kappa shape index (κ2) is 8.28. The van der Waals surface area contributed by atoms with Gasteiger partial charge in [-0.15, -0.1) is 0 Å². The van der Waals surface area contributed by atoms with Gasteiger partial charge < -0.3 is 14.2 Å². The molecule has 0 saturated heterocycles. The highest BCUT2D eigenvalue weighted by atomic mass is 35.5. The zero-order chi connectivity index (χ0) is 22.3. The van der Waals surface area contributed by atoms with Crippen LogP contribution in [0.2, 0.25) is 5.02 Å². The monoisotopic (exact) mass is 460 g/mol. The second-order valence-electron chi connectivity index (χ2n) is 7.04. The maximum absolute atomic E-state index is 13.3. The van der Waals surface area contributed by atoms with Gasteiger partial charge in [-0.05, 0) is 35.9 Å². The quantitative estimate of drug-likeness (QED) is 0.567. The van der Waals surface area contributed by atoms with Gasteiger partial charge in [-0.2, -0.15) is 0 Å². The standard InChI is InChI=1S/C22H21ClN2O5S/c1-24-21-20(31-22(24)27)15(11-18(26)25(21)14-7-5-6-13(23)10-14)12-8-16(28-2)19(30-4)17(9-12)29-3/h5-10,15H,11H2,1-4H3. The van der Waals surface area contributed by atoms with Crippen molar-refractivity contribution in [3.63, 3.8) is 0 Å². The summed E-state index contributed by atoms with van der Waals surface area (Å²) in [7, 11) is 6.29. The third-order valence-corrected chi connectivity index (χ3v) is 6.69. The van der Waals surface area contributed by atoms with Crippen LogP contribution in [-0.4, -0.2) is 31.8 Å². The Kier molecular flexibility index (Phi) is 5.68. The van der Waals surface area contributed by atoms with Gasteiger partial charge in [0.15, 0.2) is 11.5 Å². The van der Waals surface area contributed by atoms with Crippen molar-refractivity contribution >= 4 is 40.4 Å². The van der Waals surface area contributed by atoms with E-state index in [1.54, 1.807) is 50.4 Å². The van der Waals surface area contributed by atoms with E-state index in [2.05, 4.69) is 0 Å². The highest BCUT2D eigenvalue weighted by molar-refractivity contribution is 7.10. The summed E-state index contributed by atoms with van der Waals surface area (Å²) in [5.74, 6) is 1.54. The van der Waals surface area contributed by atoms with E-state index in [-0.39, 0.29) is 23.1 Å². The smallest absolute Gasteiger partial charge is 0.308 e. The largest absolute Gasteiger partial charge is 0.493 e. The molecule has 1 unspecified atom stereocenters. The van der Waals surface area contributed by atoms with E-state index in [0.29, 0.717) is 33.8 Å². The number of carbonyl (C=O) groups excluding carboxylic acids is 1. The molecule has 0 radical (unpaired) electrons. The molecule has 0 aliphatic carbocycles. The summed E-state index contributed by atoms with van der Waals surface area (Å²) in [6, 6.07) is 10.7. The molecule has 1 atom stereocenters. The summed E-state index contributed by atoms with van der Waals surface area (Å²) in [5, 5.41) is 0.513.